The average molecular weight is 470 g/mol. The largest absolute Gasteiger partial charge is 0.481 e. The third-order valence-electron chi connectivity index (χ3n) is 5.49. The van der Waals surface area contributed by atoms with Gasteiger partial charge in [0.15, 0.2) is 6.29 Å². The standard InChI is InChI=1S/C18H30O14/c1-7(16(27)28)2-3-10(21)29-6-18(15(26)12(23)9(5-20)31-18)32-17-14(25)13(24)11(22)8(4-19)30-17/h7-9,11-15,17,19-20,22-26H,2-6H2,1H3,(H,27,28)/t7?,8-,9-,11-,12-,13+,14-,15+,17-,18+/m1/s1. The Hall–Kier alpha value is -1.46. The fourth-order valence-corrected chi connectivity index (χ4v) is 3.33. The second kappa shape index (κ2) is 11.1. The van der Waals surface area contributed by atoms with Gasteiger partial charge in [-0.1, -0.05) is 6.92 Å². The summed E-state index contributed by atoms with van der Waals surface area (Å²) in [7, 11) is 0. The maximum Gasteiger partial charge on any atom is 0.306 e. The van der Waals surface area contributed by atoms with Crippen molar-refractivity contribution in [3.8, 4) is 0 Å². The zero-order valence-electron chi connectivity index (χ0n) is 17.3. The SMILES string of the molecule is CC(CCC(=O)OC[C@@]1(O[C@H]2O[C@H](CO)[C@@H](O)[C@H](O)[C@H]2O)O[C@H](CO)[C@@H](O)[C@@H]1O)C(=O)O. The van der Waals surface area contributed by atoms with Gasteiger partial charge < -0.3 is 59.8 Å². The van der Waals surface area contributed by atoms with E-state index in [-0.39, 0.29) is 12.8 Å². The summed E-state index contributed by atoms with van der Waals surface area (Å²) >= 11 is 0. The zero-order valence-corrected chi connectivity index (χ0v) is 17.3. The third-order valence-corrected chi connectivity index (χ3v) is 5.49. The van der Waals surface area contributed by atoms with Crippen molar-refractivity contribution in [2.75, 3.05) is 19.8 Å². The second-order valence-electron chi connectivity index (χ2n) is 7.84. The molecule has 2 rings (SSSR count). The van der Waals surface area contributed by atoms with Gasteiger partial charge in [0, 0.05) is 6.42 Å². The molecule has 2 heterocycles. The first-order valence-corrected chi connectivity index (χ1v) is 9.99. The minimum Gasteiger partial charge on any atom is -0.481 e. The van der Waals surface area contributed by atoms with E-state index in [1.54, 1.807) is 0 Å². The van der Waals surface area contributed by atoms with Gasteiger partial charge in [-0.2, -0.15) is 0 Å². The van der Waals surface area contributed by atoms with Crippen LogP contribution in [0.25, 0.3) is 0 Å². The number of aliphatic hydroxyl groups excluding tert-OH is 7. The number of carboxylic acids is 1. The van der Waals surface area contributed by atoms with Crippen LogP contribution in [0.5, 0.6) is 0 Å². The molecule has 0 aromatic heterocycles. The van der Waals surface area contributed by atoms with Crippen LogP contribution in [0.15, 0.2) is 0 Å². The van der Waals surface area contributed by atoms with Crippen molar-refractivity contribution >= 4 is 11.9 Å². The normalized spacial score (nSPS) is 40.8. The van der Waals surface area contributed by atoms with Crippen LogP contribution >= 0.6 is 0 Å². The maximum atomic E-state index is 12.1. The smallest absolute Gasteiger partial charge is 0.306 e. The van der Waals surface area contributed by atoms with E-state index in [1.165, 1.54) is 6.92 Å². The van der Waals surface area contributed by atoms with Gasteiger partial charge in [0.25, 0.3) is 0 Å². The van der Waals surface area contributed by atoms with E-state index in [0.29, 0.717) is 0 Å². The fraction of sp³-hybridized carbons (Fsp3) is 0.889. The number of carbonyl (C=O) groups is 2. The van der Waals surface area contributed by atoms with Crippen molar-refractivity contribution in [2.24, 2.45) is 5.92 Å². The lowest BCUT2D eigenvalue weighted by Gasteiger charge is -2.43. The van der Waals surface area contributed by atoms with Gasteiger partial charge in [-0.15, -0.1) is 0 Å². The average Bonchev–Trinajstić information content (AvgIpc) is 3.01. The minimum absolute atomic E-state index is 0.0416. The van der Waals surface area contributed by atoms with Crippen LogP contribution in [0.1, 0.15) is 19.8 Å². The highest BCUT2D eigenvalue weighted by Gasteiger charge is 2.59. The van der Waals surface area contributed by atoms with E-state index < -0.39 is 92.5 Å². The zero-order chi connectivity index (χ0) is 24.2. The van der Waals surface area contributed by atoms with E-state index in [2.05, 4.69) is 0 Å². The van der Waals surface area contributed by atoms with E-state index in [0.717, 1.165) is 0 Å². The van der Waals surface area contributed by atoms with Crippen LogP contribution < -0.4 is 0 Å². The second-order valence-corrected chi connectivity index (χ2v) is 7.84. The predicted octanol–water partition coefficient (Wildman–Crippen LogP) is -4.34. The number of carboxylic acid groups (broad SMARTS) is 1. The summed E-state index contributed by atoms with van der Waals surface area (Å²) in [6, 6.07) is 0. The summed E-state index contributed by atoms with van der Waals surface area (Å²) in [4.78, 5) is 22.9. The van der Waals surface area contributed by atoms with Gasteiger partial charge in [-0.3, -0.25) is 9.59 Å². The number of ether oxygens (including phenoxy) is 4. The number of rotatable bonds is 10. The van der Waals surface area contributed by atoms with Crippen molar-refractivity contribution < 1.29 is 69.4 Å². The van der Waals surface area contributed by atoms with Gasteiger partial charge in [0.2, 0.25) is 5.79 Å². The van der Waals surface area contributed by atoms with Crippen molar-refractivity contribution in [1.82, 2.24) is 0 Å². The summed E-state index contributed by atoms with van der Waals surface area (Å²) in [5.41, 5.74) is 0. The molecule has 0 saturated carbocycles. The molecular formula is C18H30O14. The molecule has 0 aromatic carbocycles. The predicted molar refractivity (Wildman–Crippen MR) is 98.5 cm³/mol. The monoisotopic (exact) mass is 470 g/mol. The molecule has 2 aliphatic heterocycles. The van der Waals surface area contributed by atoms with Gasteiger partial charge in [0.1, 0.15) is 49.3 Å². The molecule has 0 spiro atoms. The quantitative estimate of drug-likeness (QED) is 0.141. The van der Waals surface area contributed by atoms with E-state index >= 15 is 0 Å². The number of hydrogen-bond acceptors (Lipinski definition) is 13. The Morgan fingerprint density at radius 1 is 0.969 bits per heavy atom. The van der Waals surface area contributed by atoms with Gasteiger partial charge in [-0.25, -0.2) is 0 Å². The highest BCUT2D eigenvalue weighted by atomic mass is 16.8. The summed E-state index contributed by atoms with van der Waals surface area (Å²) in [6.07, 6.45) is -13.9. The summed E-state index contributed by atoms with van der Waals surface area (Å²) in [5, 5.41) is 78.2. The lowest BCUT2D eigenvalue weighted by molar-refractivity contribution is -0.383. The highest BCUT2D eigenvalue weighted by molar-refractivity contribution is 5.72. The van der Waals surface area contributed by atoms with Crippen molar-refractivity contribution in [2.45, 2.75) is 74.6 Å². The number of hydrogen-bond donors (Lipinski definition) is 8. The Balaban J connectivity index is 2.16. The summed E-state index contributed by atoms with van der Waals surface area (Å²) in [5.74, 6) is -5.18. The highest BCUT2D eigenvalue weighted by Crippen LogP contribution is 2.36. The molecule has 0 aliphatic carbocycles. The third kappa shape index (κ3) is 5.72. The number of esters is 1. The van der Waals surface area contributed by atoms with Crippen LogP contribution in [0.2, 0.25) is 0 Å². The molecule has 0 bridgehead atoms. The molecule has 2 fully saturated rings. The lowest BCUT2D eigenvalue weighted by Crippen LogP contribution is -2.62. The molecule has 14 heteroatoms. The first-order valence-electron chi connectivity index (χ1n) is 9.99. The van der Waals surface area contributed by atoms with Crippen molar-refractivity contribution in [3.05, 3.63) is 0 Å². The van der Waals surface area contributed by atoms with E-state index in [1.807, 2.05) is 0 Å². The molecule has 8 N–H and O–H groups in total. The molecule has 1 unspecified atom stereocenters. The van der Waals surface area contributed by atoms with Crippen LogP contribution in [0.3, 0.4) is 0 Å². The topological polar surface area (TPSA) is 233 Å². The lowest BCUT2D eigenvalue weighted by atomic mass is 9.99. The number of aliphatic hydroxyl groups is 7. The molecule has 14 nitrogen and oxygen atoms in total. The molecule has 0 amide bonds. The van der Waals surface area contributed by atoms with E-state index in [4.69, 9.17) is 24.1 Å². The number of carbonyl (C=O) groups excluding carboxylic acids is 1. The van der Waals surface area contributed by atoms with Crippen LogP contribution in [0, 0.1) is 5.92 Å². The molecular weight excluding hydrogens is 440 g/mol. The van der Waals surface area contributed by atoms with Crippen LogP contribution in [-0.2, 0) is 28.5 Å². The van der Waals surface area contributed by atoms with Gasteiger partial charge >= 0.3 is 11.9 Å². The first-order chi connectivity index (χ1) is 15.0. The Bertz CT molecular complexity index is 643. The van der Waals surface area contributed by atoms with Gasteiger partial charge in [0.05, 0.1) is 19.1 Å². The van der Waals surface area contributed by atoms with Crippen LogP contribution in [0.4, 0.5) is 0 Å². The molecule has 2 saturated heterocycles. The molecule has 10 atom stereocenters. The molecule has 186 valence electrons. The summed E-state index contributed by atoms with van der Waals surface area (Å²) in [6.45, 7) is -0.996. The molecule has 2 aliphatic rings. The number of aliphatic carboxylic acids is 1. The van der Waals surface area contributed by atoms with Crippen LogP contribution in [-0.4, -0.2) is 127 Å². The molecule has 0 radical (unpaired) electrons. The van der Waals surface area contributed by atoms with E-state index in [9.17, 15) is 45.3 Å². The molecule has 32 heavy (non-hydrogen) atoms. The fourth-order valence-electron chi connectivity index (χ4n) is 3.33. The molecule has 0 aromatic rings. The first kappa shape index (κ1) is 26.8. The minimum atomic E-state index is -2.37. The van der Waals surface area contributed by atoms with Crippen molar-refractivity contribution in [1.29, 1.82) is 0 Å². The Morgan fingerprint density at radius 2 is 1.59 bits per heavy atom. The Labute approximate surface area is 182 Å². The Kier molecular flexibility index (Phi) is 9.30. The Morgan fingerprint density at radius 3 is 2.12 bits per heavy atom. The van der Waals surface area contributed by atoms with Crippen molar-refractivity contribution in [3.63, 3.8) is 0 Å². The maximum absolute atomic E-state index is 12.1. The summed E-state index contributed by atoms with van der Waals surface area (Å²) < 4.78 is 21.1. The van der Waals surface area contributed by atoms with Gasteiger partial charge in [-0.05, 0) is 6.42 Å².